The van der Waals surface area contributed by atoms with Crippen LogP contribution in [0.5, 0.6) is 0 Å². The summed E-state index contributed by atoms with van der Waals surface area (Å²) in [6.07, 6.45) is 3.51. The lowest BCUT2D eigenvalue weighted by atomic mass is 9.94. The van der Waals surface area contributed by atoms with Crippen molar-refractivity contribution in [3.63, 3.8) is 0 Å². The molecule has 4 heteroatoms. The average molecular weight is 230 g/mol. The molecule has 0 aliphatic carbocycles. The molecule has 1 rings (SSSR count). The van der Waals surface area contributed by atoms with Crippen LogP contribution in [0.4, 0.5) is 0 Å². The minimum atomic E-state index is -0.473. The van der Waals surface area contributed by atoms with E-state index in [1.165, 1.54) is 6.42 Å². The molecule has 3 N–H and O–H groups in total. The third-order valence-corrected chi connectivity index (χ3v) is 3.49. The molecule has 16 heavy (non-hydrogen) atoms. The van der Waals surface area contributed by atoms with Crippen LogP contribution < -0.4 is 5.73 Å². The maximum Gasteiger partial charge on any atom is 0.0698 e. The van der Waals surface area contributed by atoms with Crippen LogP contribution in [0.3, 0.4) is 0 Å². The summed E-state index contributed by atoms with van der Waals surface area (Å²) in [4.78, 5) is 2.42. The number of nitrogens with two attached hydrogens (primary N) is 1. The van der Waals surface area contributed by atoms with Crippen LogP contribution in [-0.2, 0) is 4.74 Å². The van der Waals surface area contributed by atoms with E-state index in [9.17, 15) is 5.11 Å². The molecule has 3 atom stereocenters. The smallest absolute Gasteiger partial charge is 0.0698 e. The maximum absolute atomic E-state index is 9.17. The van der Waals surface area contributed by atoms with Crippen LogP contribution in [0, 0.1) is 0 Å². The molecule has 1 fully saturated rings. The molecule has 4 nitrogen and oxygen atoms in total. The van der Waals surface area contributed by atoms with Crippen molar-refractivity contribution in [2.24, 2.45) is 5.73 Å². The molecule has 0 aromatic rings. The van der Waals surface area contributed by atoms with Crippen molar-refractivity contribution in [2.75, 3.05) is 26.8 Å². The molecule has 0 aromatic heterocycles. The van der Waals surface area contributed by atoms with E-state index >= 15 is 0 Å². The van der Waals surface area contributed by atoms with Crippen LogP contribution in [-0.4, -0.2) is 54.5 Å². The third-order valence-electron chi connectivity index (χ3n) is 3.49. The molecule has 0 aromatic carbocycles. The second kappa shape index (κ2) is 5.96. The molecule has 1 saturated heterocycles. The number of hydrogen-bond donors (Lipinski definition) is 2. The van der Waals surface area contributed by atoms with E-state index in [4.69, 9.17) is 10.5 Å². The Morgan fingerprint density at radius 2 is 2.31 bits per heavy atom. The van der Waals surface area contributed by atoms with E-state index in [0.717, 1.165) is 25.9 Å². The summed E-state index contributed by atoms with van der Waals surface area (Å²) < 4.78 is 5.41. The van der Waals surface area contributed by atoms with Gasteiger partial charge in [-0.1, -0.05) is 0 Å². The summed E-state index contributed by atoms with van der Waals surface area (Å²) in [6.45, 7) is 6.22. The van der Waals surface area contributed by atoms with Crippen LogP contribution in [0.25, 0.3) is 0 Å². The molecule has 96 valence electrons. The monoisotopic (exact) mass is 230 g/mol. The summed E-state index contributed by atoms with van der Waals surface area (Å²) in [7, 11) is 1.78. The maximum atomic E-state index is 9.17. The highest BCUT2D eigenvalue weighted by molar-refractivity contribution is 4.86. The predicted molar refractivity (Wildman–Crippen MR) is 65.4 cm³/mol. The minimum Gasteiger partial charge on any atom is -0.394 e. The summed E-state index contributed by atoms with van der Waals surface area (Å²) in [5.74, 6) is 0. The van der Waals surface area contributed by atoms with E-state index in [0.29, 0.717) is 12.1 Å². The molecular formula is C12H26N2O2. The lowest BCUT2D eigenvalue weighted by molar-refractivity contribution is 0.0107. The second-order valence-electron chi connectivity index (χ2n) is 5.36. The molecule has 1 aliphatic rings. The van der Waals surface area contributed by atoms with Gasteiger partial charge < -0.3 is 15.6 Å². The summed E-state index contributed by atoms with van der Waals surface area (Å²) in [5.41, 5.74) is 5.51. The van der Waals surface area contributed by atoms with Gasteiger partial charge in [-0.15, -0.1) is 0 Å². The number of hydrogen-bond acceptors (Lipinski definition) is 4. The number of methoxy groups -OCH3 is 1. The van der Waals surface area contributed by atoms with Gasteiger partial charge in [0.05, 0.1) is 12.7 Å². The molecule has 1 aliphatic heterocycles. The molecule has 0 saturated carbocycles. The van der Waals surface area contributed by atoms with E-state index < -0.39 is 5.54 Å². The molecule has 3 unspecified atom stereocenters. The largest absolute Gasteiger partial charge is 0.394 e. The van der Waals surface area contributed by atoms with Crippen LogP contribution >= 0.6 is 0 Å². The molecular weight excluding hydrogens is 204 g/mol. The van der Waals surface area contributed by atoms with Crippen molar-refractivity contribution >= 4 is 0 Å². The van der Waals surface area contributed by atoms with E-state index in [-0.39, 0.29) is 6.61 Å². The van der Waals surface area contributed by atoms with Gasteiger partial charge in [-0.2, -0.15) is 0 Å². The fourth-order valence-electron chi connectivity index (χ4n) is 2.43. The number of aliphatic hydroxyl groups excluding tert-OH is 1. The van der Waals surface area contributed by atoms with Gasteiger partial charge in [-0.25, -0.2) is 0 Å². The molecule has 0 radical (unpaired) electrons. The Morgan fingerprint density at radius 1 is 1.62 bits per heavy atom. The quantitative estimate of drug-likeness (QED) is 0.725. The second-order valence-corrected chi connectivity index (χ2v) is 5.36. The van der Waals surface area contributed by atoms with E-state index in [2.05, 4.69) is 11.8 Å². The summed E-state index contributed by atoms with van der Waals surface area (Å²) in [6, 6.07) is 0.403. The third kappa shape index (κ3) is 4.01. The lowest BCUT2D eigenvalue weighted by Crippen LogP contribution is -2.50. The fourth-order valence-corrected chi connectivity index (χ4v) is 2.43. The van der Waals surface area contributed by atoms with Crippen LogP contribution in [0.1, 0.15) is 33.1 Å². The van der Waals surface area contributed by atoms with Gasteiger partial charge in [0.1, 0.15) is 0 Å². The Balaban J connectivity index is 2.44. The van der Waals surface area contributed by atoms with Crippen molar-refractivity contribution in [3.8, 4) is 0 Å². The van der Waals surface area contributed by atoms with Gasteiger partial charge >= 0.3 is 0 Å². The van der Waals surface area contributed by atoms with Crippen molar-refractivity contribution in [3.05, 3.63) is 0 Å². The van der Waals surface area contributed by atoms with Gasteiger partial charge in [-0.05, 0) is 39.7 Å². The highest BCUT2D eigenvalue weighted by atomic mass is 16.5. The van der Waals surface area contributed by atoms with Gasteiger partial charge in [0.25, 0.3) is 0 Å². The Kier molecular flexibility index (Phi) is 5.18. The number of piperidine rings is 1. The Hall–Kier alpha value is -0.160. The molecule has 0 bridgehead atoms. The summed E-state index contributed by atoms with van der Waals surface area (Å²) in [5, 5.41) is 9.17. The zero-order valence-electron chi connectivity index (χ0n) is 10.8. The van der Waals surface area contributed by atoms with Gasteiger partial charge in [0, 0.05) is 25.2 Å². The number of rotatable bonds is 5. The van der Waals surface area contributed by atoms with Crippen LogP contribution in [0.2, 0.25) is 0 Å². The topological polar surface area (TPSA) is 58.7 Å². The Bertz CT molecular complexity index is 209. The highest BCUT2D eigenvalue weighted by Gasteiger charge is 2.28. The standard InChI is InChI=1S/C12H26N2O2/c1-10(7-12(2,13)9-15)14-6-4-5-11(8-14)16-3/h10-11,15H,4-9,13H2,1-3H3. The first-order valence-corrected chi connectivity index (χ1v) is 6.15. The minimum absolute atomic E-state index is 0.0406. The highest BCUT2D eigenvalue weighted by Crippen LogP contribution is 2.19. The predicted octanol–water partition coefficient (Wildman–Crippen LogP) is 0.586. The molecule has 0 spiro atoms. The SMILES string of the molecule is COC1CCCN(C(C)CC(C)(N)CO)C1. The fraction of sp³-hybridized carbons (Fsp3) is 1.00. The lowest BCUT2D eigenvalue weighted by Gasteiger charge is -2.38. The number of ether oxygens (including phenoxy) is 1. The molecule has 1 heterocycles. The van der Waals surface area contributed by atoms with Crippen LogP contribution in [0.15, 0.2) is 0 Å². The number of nitrogens with zero attached hydrogens (tertiary/aromatic N) is 1. The van der Waals surface area contributed by atoms with Crippen molar-refractivity contribution in [1.82, 2.24) is 4.90 Å². The average Bonchev–Trinajstić information content (AvgIpc) is 2.28. The van der Waals surface area contributed by atoms with Crippen molar-refractivity contribution < 1.29 is 9.84 Å². The van der Waals surface area contributed by atoms with Gasteiger partial charge in [0.2, 0.25) is 0 Å². The number of likely N-dealkylation sites (tertiary alicyclic amines) is 1. The first kappa shape index (κ1) is 13.9. The van der Waals surface area contributed by atoms with Gasteiger partial charge in [0.15, 0.2) is 0 Å². The molecule has 0 amide bonds. The Labute approximate surface area is 98.8 Å². The van der Waals surface area contributed by atoms with E-state index in [1.807, 2.05) is 6.92 Å². The first-order chi connectivity index (χ1) is 7.48. The van der Waals surface area contributed by atoms with Crippen molar-refractivity contribution in [2.45, 2.75) is 50.8 Å². The van der Waals surface area contributed by atoms with E-state index in [1.54, 1.807) is 7.11 Å². The number of aliphatic hydroxyl groups is 1. The first-order valence-electron chi connectivity index (χ1n) is 6.15. The zero-order chi connectivity index (χ0) is 12.2. The van der Waals surface area contributed by atoms with Crippen molar-refractivity contribution in [1.29, 1.82) is 0 Å². The Morgan fingerprint density at radius 3 is 2.88 bits per heavy atom. The van der Waals surface area contributed by atoms with Gasteiger partial charge in [-0.3, -0.25) is 4.90 Å². The normalized spacial score (nSPS) is 28.7. The zero-order valence-corrected chi connectivity index (χ0v) is 10.8. The summed E-state index contributed by atoms with van der Waals surface area (Å²) >= 11 is 0.